The molecule has 0 saturated heterocycles. The second-order valence-electron chi connectivity index (χ2n) is 2.59. The molecule has 0 aliphatic carbocycles. The zero-order valence-electron chi connectivity index (χ0n) is 6.85. The predicted octanol–water partition coefficient (Wildman–Crippen LogP) is 1.59. The minimum absolute atomic E-state index is 0.986. The Kier molecular flexibility index (Phi) is 2.10. The minimum Gasteiger partial charge on any atom is -0.241 e. The van der Waals surface area contributed by atoms with Crippen LogP contribution in [0, 0.1) is 13.8 Å². The van der Waals surface area contributed by atoms with E-state index in [0.29, 0.717) is 0 Å². The SMILES string of the molecule is CCC[n+]1oc(C)cc1C. The van der Waals surface area contributed by atoms with Gasteiger partial charge in [-0.3, -0.25) is 0 Å². The summed E-state index contributed by atoms with van der Waals surface area (Å²) in [5.41, 5.74) is 1.21. The van der Waals surface area contributed by atoms with Gasteiger partial charge in [-0.25, -0.2) is 4.52 Å². The molecule has 56 valence electrons. The smallest absolute Gasteiger partial charge is 0.228 e. The third kappa shape index (κ3) is 1.38. The lowest BCUT2D eigenvalue weighted by atomic mass is 10.4. The molecule has 0 atom stereocenters. The monoisotopic (exact) mass is 140 g/mol. The van der Waals surface area contributed by atoms with Crippen LogP contribution in [0.1, 0.15) is 24.8 Å². The lowest BCUT2D eigenvalue weighted by Crippen LogP contribution is -2.33. The molecule has 1 heterocycles. The number of hydrogen-bond donors (Lipinski definition) is 0. The Hall–Kier alpha value is -0.790. The molecule has 0 N–H and O–H groups in total. The fraction of sp³-hybridized carbons (Fsp3) is 0.625. The Labute approximate surface area is 61.4 Å². The summed E-state index contributed by atoms with van der Waals surface area (Å²) in [6.07, 6.45) is 1.12. The normalized spacial score (nSPS) is 10.3. The van der Waals surface area contributed by atoms with Crippen molar-refractivity contribution in [2.75, 3.05) is 0 Å². The molecule has 10 heavy (non-hydrogen) atoms. The molecule has 0 aliphatic rings. The minimum atomic E-state index is 0.986. The van der Waals surface area contributed by atoms with Gasteiger partial charge < -0.3 is 0 Å². The molecule has 1 aromatic rings. The molecule has 1 rings (SSSR count). The number of aryl methyl sites for hydroxylation is 3. The first-order valence-corrected chi connectivity index (χ1v) is 3.71. The molecule has 0 bridgehead atoms. The Morgan fingerprint density at radius 3 is 2.60 bits per heavy atom. The Bertz CT molecular complexity index is 215. The van der Waals surface area contributed by atoms with Crippen LogP contribution in [0.2, 0.25) is 0 Å². The lowest BCUT2D eigenvalue weighted by Gasteiger charge is -1.84. The van der Waals surface area contributed by atoms with Crippen molar-refractivity contribution in [2.45, 2.75) is 33.7 Å². The van der Waals surface area contributed by atoms with Gasteiger partial charge in [0.2, 0.25) is 5.69 Å². The van der Waals surface area contributed by atoms with Crippen LogP contribution in [0.3, 0.4) is 0 Å². The highest BCUT2D eigenvalue weighted by atomic mass is 16.5. The molecule has 0 fully saturated rings. The molecule has 0 unspecified atom stereocenters. The molecule has 0 aliphatic heterocycles. The van der Waals surface area contributed by atoms with E-state index in [-0.39, 0.29) is 0 Å². The van der Waals surface area contributed by atoms with Crippen molar-refractivity contribution in [1.82, 2.24) is 0 Å². The van der Waals surface area contributed by atoms with Gasteiger partial charge in [0.15, 0.2) is 12.3 Å². The van der Waals surface area contributed by atoms with Gasteiger partial charge in [-0.1, -0.05) is 6.92 Å². The van der Waals surface area contributed by atoms with Crippen LogP contribution in [0.5, 0.6) is 0 Å². The van der Waals surface area contributed by atoms with Gasteiger partial charge in [0, 0.05) is 20.3 Å². The van der Waals surface area contributed by atoms with Crippen molar-refractivity contribution < 1.29 is 9.26 Å². The summed E-state index contributed by atoms with van der Waals surface area (Å²) < 4.78 is 7.30. The molecule has 0 saturated carbocycles. The predicted molar refractivity (Wildman–Crippen MR) is 38.7 cm³/mol. The Balaban J connectivity index is 2.81. The second-order valence-corrected chi connectivity index (χ2v) is 2.59. The second kappa shape index (κ2) is 2.86. The maximum Gasteiger partial charge on any atom is 0.228 e. The fourth-order valence-electron chi connectivity index (χ4n) is 1.06. The number of aromatic nitrogens is 1. The molecular weight excluding hydrogens is 126 g/mol. The molecule has 0 spiro atoms. The molecule has 2 heteroatoms. The lowest BCUT2D eigenvalue weighted by molar-refractivity contribution is -0.868. The summed E-state index contributed by atoms with van der Waals surface area (Å²) in [4.78, 5) is 0. The maximum atomic E-state index is 5.37. The van der Waals surface area contributed by atoms with Gasteiger partial charge in [0.05, 0.1) is 6.07 Å². The number of hydrogen-bond acceptors (Lipinski definition) is 1. The first-order chi connectivity index (χ1) is 4.74. The topological polar surface area (TPSA) is 17.0 Å². The van der Waals surface area contributed by atoms with Crippen LogP contribution in [-0.4, -0.2) is 0 Å². The van der Waals surface area contributed by atoms with E-state index < -0.39 is 0 Å². The quantitative estimate of drug-likeness (QED) is 0.570. The van der Waals surface area contributed by atoms with Crippen LogP contribution in [0.4, 0.5) is 0 Å². The van der Waals surface area contributed by atoms with Gasteiger partial charge in [-0.05, 0) is 4.74 Å². The van der Waals surface area contributed by atoms with Crippen molar-refractivity contribution in [3.63, 3.8) is 0 Å². The number of nitrogens with zero attached hydrogens (tertiary/aromatic N) is 1. The average molecular weight is 140 g/mol. The Morgan fingerprint density at radius 2 is 2.20 bits per heavy atom. The van der Waals surface area contributed by atoms with Crippen molar-refractivity contribution in [2.24, 2.45) is 0 Å². The first kappa shape index (κ1) is 7.32. The van der Waals surface area contributed by atoms with Crippen LogP contribution in [0.15, 0.2) is 10.6 Å². The fourth-order valence-corrected chi connectivity index (χ4v) is 1.06. The summed E-state index contributed by atoms with van der Waals surface area (Å²) in [7, 11) is 0. The zero-order valence-corrected chi connectivity index (χ0v) is 6.85. The standard InChI is InChI=1S/C8H14NO/c1-4-5-9-7(2)6-8(3)10-9/h6H,4-5H2,1-3H3/q+1. The molecular formula is C8H14NO+. The van der Waals surface area contributed by atoms with Crippen LogP contribution < -0.4 is 4.74 Å². The van der Waals surface area contributed by atoms with Gasteiger partial charge in [-0.15, -0.1) is 0 Å². The summed E-state index contributed by atoms with van der Waals surface area (Å²) in [6, 6.07) is 2.05. The summed E-state index contributed by atoms with van der Waals surface area (Å²) in [5.74, 6) is 0.992. The molecule has 0 aromatic carbocycles. The van der Waals surface area contributed by atoms with E-state index in [1.165, 1.54) is 5.69 Å². The highest BCUT2D eigenvalue weighted by Crippen LogP contribution is 1.97. The van der Waals surface area contributed by atoms with E-state index in [1.807, 2.05) is 11.7 Å². The van der Waals surface area contributed by atoms with Crippen LogP contribution >= 0.6 is 0 Å². The average Bonchev–Trinajstić information content (AvgIpc) is 2.13. The van der Waals surface area contributed by atoms with Gasteiger partial charge in [-0.2, -0.15) is 0 Å². The summed E-state index contributed by atoms with van der Waals surface area (Å²) in [5, 5.41) is 0. The van der Waals surface area contributed by atoms with E-state index in [4.69, 9.17) is 4.52 Å². The number of rotatable bonds is 2. The van der Waals surface area contributed by atoms with Crippen LogP contribution in [-0.2, 0) is 6.54 Å². The van der Waals surface area contributed by atoms with Crippen molar-refractivity contribution in [3.8, 4) is 0 Å². The van der Waals surface area contributed by atoms with Crippen molar-refractivity contribution in [3.05, 3.63) is 17.5 Å². The van der Waals surface area contributed by atoms with Crippen LogP contribution in [0.25, 0.3) is 0 Å². The summed E-state index contributed by atoms with van der Waals surface area (Å²) in [6.45, 7) is 7.16. The Morgan fingerprint density at radius 1 is 1.50 bits per heavy atom. The van der Waals surface area contributed by atoms with E-state index in [2.05, 4.69) is 19.9 Å². The molecule has 2 nitrogen and oxygen atoms in total. The zero-order chi connectivity index (χ0) is 7.56. The van der Waals surface area contributed by atoms with Gasteiger partial charge in [0.25, 0.3) is 0 Å². The highest BCUT2D eigenvalue weighted by molar-refractivity contribution is 4.95. The first-order valence-electron chi connectivity index (χ1n) is 3.71. The maximum absolute atomic E-state index is 5.37. The highest BCUT2D eigenvalue weighted by Gasteiger charge is 2.10. The van der Waals surface area contributed by atoms with E-state index in [9.17, 15) is 0 Å². The van der Waals surface area contributed by atoms with Gasteiger partial charge in [0.1, 0.15) is 0 Å². The largest absolute Gasteiger partial charge is 0.241 e. The third-order valence-electron chi connectivity index (χ3n) is 1.49. The van der Waals surface area contributed by atoms with E-state index in [0.717, 1.165) is 18.7 Å². The van der Waals surface area contributed by atoms with E-state index >= 15 is 0 Å². The van der Waals surface area contributed by atoms with Crippen molar-refractivity contribution >= 4 is 0 Å². The van der Waals surface area contributed by atoms with E-state index in [1.54, 1.807) is 0 Å². The molecule has 0 radical (unpaired) electrons. The molecule has 1 aromatic heterocycles. The van der Waals surface area contributed by atoms with Crippen molar-refractivity contribution in [1.29, 1.82) is 0 Å². The summed E-state index contributed by atoms with van der Waals surface area (Å²) >= 11 is 0. The molecule has 0 amide bonds. The van der Waals surface area contributed by atoms with Gasteiger partial charge >= 0.3 is 0 Å². The third-order valence-corrected chi connectivity index (χ3v) is 1.49.